The molecule has 1 aromatic rings. The van der Waals surface area contributed by atoms with Gasteiger partial charge in [-0.3, -0.25) is 0 Å². The monoisotopic (exact) mass is 222 g/mol. The molecule has 0 amide bonds. The molecule has 4 nitrogen and oxygen atoms in total. The second-order valence-electron chi connectivity index (χ2n) is 4.11. The molecule has 2 aliphatic rings. The lowest BCUT2D eigenvalue weighted by molar-refractivity contribution is 0.751. The maximum Gasteiger partial charge on any atom is 0.136 e. The van der Waals surface area contributed by atoms with Crippen molar-refractivity contribution < 1.29 is 0 Å². The van der Waals surface area contributed by atoms with Crippen LogP contribution in [0.3, 0.4) is 0 Å². The number of aromatic nitrogens is 2. The van der Waals surface area contributed by atoms with E-state index in [1.165, 1.54) is 11.3 Å². The van der Waals surface area contributed by atoms with E-state index in [0.29, 0.717) is 6.04 Å². The highest BCUT2D eigenvalue weighted by Crippen LogP contribution is 2.34. The topological polar surface area (TPSA) is 55.0 Å². The minimum atomic E-state index is 0.310. The quantitative estimate of drug-likeness (QED) is 0.760. The number of hydrogen-bond acceptors (Lipinski definition) is 5. The van der Waals surface area contributed by atoms with Crippen LogP contribution >= 0.6 is 11.8 Å². The van der Waals surface area contributed by atoms with Gasteiger partial charge in [-0.05, 0) is 6.42 Å². The molecule has 0 bridgehead atoms. The summed E-state index contributed by atoms with van der Waals surface area (Å²) in [5, 5.41) is 0. The summed E-state index contributed by atoms with van der Waals surface area (Å²) in [4.78, 5) is 11.0. The molecule has 2 N–H and O–H groups in total. The van der Waals surface area contributed by atoms with Gasteiger partial charge >= 0.3 is 0 Å². The van der Waals surface area contributed by atoms with Gasteiger partial charge < -0.3 is 10.6 Å². The van der Waals surface area contributed by atoms with Gasteiger partial charge in [-0.25, -0.2) is 9.97 Å². The van der Waals surface area contributed by atoms with E-state index >= 15 is 0 Å². The second-order valence-corrected chi connectivity index (χ2v) is 5.10. The Hall–Kier alpha value is -0.810. The van der Waals surface area contributed by atoms with Crippen molar-refractivity contribution in [1.29, 1.82) is 0 Å². The summed E-state index contributed by atoms with van der Waals surface area (Å²) in [6.45, 7) is 1.98. The predicted molar refractivity (Wildman–Crippen MR) is 61.8 cm³/mol. The first-order valence-electron chi connectivity index (χ1n) is 5.25. The third kappa shape index (κ3) is 1.59. The predicted octanol–water partition coefficient (Wildman–Crippen LogP) is 0.761. The van der Waals surface area contributed by atoms with Crippen molar-refractivity contribution in [3.05, 3.63) is 17.6 Å². The maximum atomic E-state index is 5.92. The Morgan fingerprint density at radius 2 is 2.33 bits per heavy atom. The smallest absolute Gasteiger partial charge is 0.136 e. The number of rotatable bonds is 1. The zero-order valence-electron chi connectivity index (χ0n) is 8.52. The van der Waals surface area contributed by atoms with Gasteiger partial charge in [-0.15, -0.1) is 0 Å². The fourth-order valence-electron chi connectivity index (χ4n) is 2.21. The molecular formula is C10H14N4S. The first-order valence-corrected chi connectivity index (χ1v) is 6.41. The summed E-state index contributed by atoms with van der Waals surface area (Å²) in [5.41, 5.74) is 8.46. The van der Waals surface area contributed by atoms with Gasteiger partial charge in [-0.2, -0.15) is 11.8 Å². The van der Waals surface area contributed by atoms with Crippen LogP contribution in [0, 0.1) is 0 Å². The molecule has 2 aliphatic heterocycles. The van der Waals surface area contributed by atoms with Gasteiger partial charge in [0.15, 0.2) is 0 Å². The Labute approximate surface area is 93.3 Å². The van der Waals surface area contributed by atoms with Crippen LogP contribution < -0.4 is 10.6 Å². The molecule has 0 aliphatic carbocycles. The van der Waals surface area contributed by atoms with Crippen LogP contribution in [0.15, 0.2) is 6.33 Å². The lowest BCUT2D eigenvalue weighted by Crippen LogP contribution is -2.27. The van der Waals surface area contributed by atoms with Crippen molar-refractivity contribution in [3.63, 3.8) is 0 Å². The van der Waals surface area contributed by atoms with E-state index in [9.17, 15) is 0 Å². The van der Waals surface area contributed by atoms with Crippen molar-refractivity contribution >= 4 is 17.6 Å². The molecule has 5 heteroatoms. The maximum absolute atomic E-state index is 5.92. The summed E-state index contributed by atoms with van der Waals surface area (Å²) in [6, 6.07) is 0.310. The lowest BCUT2D eigenvalue weighted by atomic mass is 10.2. The van der Waals surface area contributed by atoms with Crippen molar-refractivity contribution in [2.75, 3.05) is 18.0 Å². The van der Waals surface area contributed by atoms with Crippen molar-refractivity contribution in [3.8, 4) is 0 Å². The minimum Gasteiger partial charge on any atom is -0.355 e. The molecular weight excluding hydrogens is 208 g/mol. The van der Waals surface area contributed by atoms with Crippen LogP contribution in [0.1, 0.15) is 17.7 Å². The van der Waals surface area contributed by atoms with Gasteiger partial charge in [0.2, 0.25) is 0 Å². The number of thioether (sulfide) groups is 1. The number of nitrogens with zero attached hydrogens (tertiary/aromatic N) is 3. The Morgan fingerprint density at radius 3 is 3.13 bits per heavy atom. The van der Waals surface area contributed by atoms with Gasteiger partial charge in [0, 0.05) is 36.2 Å². The molecule has 0 radical (unpaired) electrons. The highest BCUT2D eigenvalue weighted by atomic mass is 32.2. The van der Waals surface area contributed by atoms with Crippen molar-refractivity contribution in [1.82, 2.24) is 9.97 Å². The zero-order chi connectivity index (χ0) is 10.3. The van der Waals surface area contributed by atoms with E-state index in [2.05, 4.69) is 14.9 Å². The lowest BCUT2D eigenvalue weighted by Gasteiger charge is -2.19. The van der Waals surface area contributed by atoms with E-state index < -0.39 is 0 Å². The van der Waals surface area contributed by atoms with Gasteiger partial charge in [0.1, 0.15) is 12.1 Å². The third-order valence-corrected chi connectivity index (χ3v) is 3.99. The molecule has 1 atom stereocenters. The molecule has 0 spiro atoms. The van der Waals surface area contributed by atoms with Gasteiger partial charge in [-0.1, -0.05) is 0 Å². The van der Waals surface area contributed by atoms with Gasteiger partial charge in [0.25, 0.3) is 0 Å². The van der Waals surface area contributed by atoms with Crippen LogP contribution in [0.4, 0.5) is 5.82 Å². The normalized spacial score (nSPS) is 24.6. The highest BCUT2D eigenvalue weighted by molar-refractivity contribution is 7.98. The van der Waals surface area contributed by atoms with Crippen LogP contribution in [-0.4, -0.2) is 29.1 Å². The Bertz CT molecular complexity index is 382. The zero-order valence-corrected chi connectivity index (χ0v) is 9.33. The molecule has 1 saturated heterocycles. The third-order valence-electron chi connectivity index (χ3n) is 3.02. The molecule has 1 unspecified atom stereocenters. The largest absolute Gasteiger partial charge is 0.355 e. The van der Waals surface area contributed by atoms with E-state index in [-0.39, 0.29) is 0 Å². The SMILES string of the molecule is NC1CCN(c2ncnc3c2CSC3)C1. The number of nitrogens with two attached hydrogens (primary N) is 1. The fourth-order valence-corrected chi connectivity index (χ4v) is 3.26. The summed E-state index contributed by atoms with van der Waals surface area (Å²) in [7, 11) is 0. The summed E-state index contributed by atoms with van der Waals surface area (Å²) in [6.07, 6.45) is 2.76. The molecule has 1 aromatic heterocycles. The summed E-state index contributed by atoms with van der Waals surface area (Å²) >= 11 is 1.92. The Kier molecular flexibility index (Phi) is 2.29. The molecule has 0 saturated carbocycles. The highest BCUT2D eigenvalue weighted by Gasteiger charge is 2.25. The van der Waals surface area contributed by atoms with Crippen molar-refractivity contribution in [2.24, 2.45) is 5.73 Å². The molecule has 0 aromatic carbocycles. The van der Waals surface area contributed by atoms with E-state index in [1.807, 2.05) is 11.8 Å². The second kappa shape index (κ2) is 3.64. The first kappa shape index (κ1) is 9.42. The number of fused-ring (bicyclic) bond motifs is 1. The van der Waals surface area contributed by atoms with Crippen LogP contribution in [-0.2, 0) is 11.5 Å². The standard InChI is InChI=1S/C10H14N4S/c11-7-1-2-14(3-7)10-8-4-15-5-9(8)12-6-13-10/h6-7H,1-5,11H2. The average Bonchev–Trinajstić information content (AvgIpc) is 2.84. The fraction of sp³-hybridized carbons (Fsp3) is 0.600. The molecule has 1 fully saturated rings. The number of hydrogen-bond donors (Lipinski definition) is 1. The summed E-state index contributed by atoms with van der Waals surface area (Å²) in [5.74, 6) is 3.21. The molecule has 3 heterocycles. The van der Waals surface area contributed by atoms with Crippen LogP contribution in [0.5, 0.6) is 0 Å². The van der Waals surface area contributed by atoms with Gasteiger partial charge in [0.05, 0.1) is 5.69 Å². The van der Waals surface area contributed by atoms with Crippen LogP contribution in [0.2, 0.25) is 0 Å². The van der Waals surface area contributed by atoms with Crippen molar-refractivity contribution in [2.45, 2.75) is 24.0 Å². The molecule has 80 valence electrons. The van der Waals surface area contributed by atoms with Crippen LogP contribution in [0.25, 0.3) is 0 Å². The first-order chi connectivity index (χ1) is 7.34. The minimum absolute atomic E-state index is 0.310. The molecule has 3 rings (SSSR count). The van der Waals surface area contributed by atoms with E-state index in [4.69, 9.17) is 5.73 Å². The average molecular weight is 222 g/mol. The Balaban J connectivity index is 1.95. The molecule has 15 heavy (non-hydrogen) atoms. The Morgan fingerprint density at radius 1 is 1.40 bits per heavy atom. The van der Waals surface area contributed by atoms with E-state index in [0.717, 1.165) is 36.8 Å². The summed E-state index contributed by atoms with van der Waals surface area (Å²) < 4.78 is 0. The van der Waals surface area contributed by atoms with E-state index in [1.54, 1.807) is 6.33 Å². The number of anilines is 1.